The van der Waals surface area contributed by atoms with Crippen LogP contribution in [0.4, 0.5) is 0 Å². The average molecular weight is 345 g/mol. The molecule has 2 atom stereocenters. The summed E-state index contributed by atoms with van der Waals surface area (Å²) in [6, 6.07) is 0. The topological polar surface area (TPSA) is 48.1 Å². The summed E-state index contributed by atoms with van der Waals surface area (Å²) in [5.41, 5.74) is 0. The van der Waals surface area contributed by atoms with Gasteiger partial charge in [0, 0.05) is 6.42 Å². The summed E-state index contributed by atoms with van der Waals surface area (Å²) in [6.07, 6.45) is 7.82. The van der Waals surface area contributed by atoms with Crippen LogP contribution in [0.2, 0.25) is 18.1 Å². The van der Waals surface area contributed by atoms with Crippen LogP contribution < -0.4 is 0 Å². The van der Waals surface area contributed by atoms with Crippen LogP contribution in [-0.2, 0) is 18.7 Å². The minimum Gasteiger partial charge on any atom is -0.469 e. The molecule has 23 heavy (non-hydrogen) atoms. The minimum absolute atomic E-state index is 0.0984. The predicted octanol–water partition coefficient (Wildman–Crippen LogP) is 4.68. The highest BCUT2D eigenvalue weighted by molar-refractivity contribution is 6.74. The molecule has 0 amide bonds. The summed E-state index contributed by atoms with van der Waals surface area (Å²) in [7, 11) is -0.271. The van der Waals surface area contributed by atoms with Crippen LogP contribution in [0.1, 0.15) is 65.7 Å². The molecule has 1 aliphatic heterocycles. The number of epoxide rings is 1. The van der Waals surface area contributed by atoms with Gasteiger partial charge in [0.1, 0.15) is 6.10 Å². The molecule has 1 fully saturated rings. The number of hydrogen-bond acceptors (Lipinski definition) is 4. The Morgan fingerprint density at radius 2 is 1.74 bits per heavy atom. The number of unbranched alkanes of at least 4 members (excludes halogenated alkanes) is 4. The zero-order chi connectivity index (χ0) is 17.5. The second-order valence-corrected chi connectivity index (χ2v) is 12.9. The van der Waals surface area contributed by atoms with E-state index in [-0.39, 0.29) is 17.1 Å². The third-order valence-corrected chi connectivity index (χ3v) is 9.63. The van der Waals surface area contributed by atoms with Gasteiger partial charge in [-0.05, 0) is 31.0 Å². The maximum atomic E-state index is 11.0. The molecule has 1 saturated heterocycles. The van der Waals surface area contributed by atoms with E-state index in [1.807, 2.05) is 0 Å². The van der Waals surface area contributed by atoms with Gasteiger partial charge in [-0.1, -0.05) is 46.5 Å². The molecule has 0 aliphatic carbocycles. The van der Waals surface area contributed by atoms with E-state index in [9.17, 15) is 4.79 Å². The number of hydrogen-bond donors (Lipinski definition) is 0. The Labute approximate surface area is 143 Å². The maximum absolute atomic E-state index is 11.0. The summed E-state index contributed by atoms with van der Waals surface area (Å²) in [4.78, 5) is 11.0. The van der Waals surface area contributed by atoms with Crippen molar-refractivity contribution in [2.24, 2.45) is 0 Å². The highest BCUT2D eigenvalue weighted by Gasteiger charge is 2.43. The van der Waals surface area contributed by atoms with Crippen molar-refractivity contribution in [2.75, 3.05) is 13.7 Å². The van der Waals surface area contributed by atoms with E-state index in [2.05, 4.69) is 38.6 Å². The van der Waals surface area contributed by atoms with Crippen LogP contribution in [0.25, 0.3) is 0 Å². The third kappa shape index (κ3) is 7.81. The summed E-state index contributed by atoms with van der Waals surface area (Å²) in [5, 5.41) is 0.244. The molecule has 1 rings (SSSR count). The van der Waals surface area contributed by atoms with E-state index in [0.29, 0.717) is 12.5 Å². The molecule has 0 bridgehead atoms. The summed E-state index contributed by atoms with van der Waals surface area (Å²) in [6.45, 7) is 12.3. The highest BCUT2D eigenvalue weighted by atomic mass is 28.4. The zero-order valence-electron chi connectivity index (χ0n) is 15.9. The minimum atomic E-state index is -1.72. The Morgan fingerprint density at radius 3 is 2.26 bits per heavy atom. The maximum Gasteiger partial charge on any atom is 0.305 e. The standard InChI is InChI=1S/C18H36O4Si/c1-18(2,3)23(5,6)22-15(16-14-21-16)12-10-8-7-9-11-13-17(19)20-4/h15-16H,7-14H2,1-6H3. The number of rotatable bonds is 11. The number of methoxy groups -OCH3 is 1. The quantitative estimate of drug-likeness (QED) is 0.236. The number of carbonyl (C=O) groups is 1. The molecule has 4 nitrogen and oxygen atoms in total. The molecule has 0 aromatic heterocycles. The van der Waals surface area contributed by atoms with Crippen LogP contribution in [-0.4, -0.2) is 40.2 Å². The largest absolute Gasteiger partial charge is 0.469 e. The first-order chi connectivity index (χ1) is 10.7. The molecular formula is C18H36O4Si. The van der Waals surface area contributed by atoms with Crippen molar-refractivity contribution in [3.8, 4) is 0 Å². The number of esters is 1. The fourth-order valence-electron chi connectivity index (χ4n) is 2.39. The molecule has 2 unspecified atom stereocenters. The fourth-order valence-corrected chi connectivity index (χ4v) is 3.77. The van der Waals surface area contributed by atoms with Crippen LogP contribution >= 0.6 is 0 Å². The molecule has 5 heteroatoms. The van der Waals surface area contributed by atoms with E-state index in [1.54, 1.807) is 0 Å². The number of ether oxygens (including phenoxy) is 2. The third-order valence-electron chi connectivity index (χ3n) is 5.12. The summed E-state index contributed by atoms with van der Waals surface area (Å²) >= 11 is 0. The average Bonchev–Trinajstić information content (AvgIpc) is 3.27. The molecule has 0 aromatic carbocycles. The zero-order valence-corrected chi connectivity index (χ0v) is 16.9. The van der Waals surface area contributed by atoms with Gasteiger partial charge in [-0.2, -0.15) is 0 Å². The molecule has 0 aromatic rings. The van der Waals surface area contributed by atoms with Gasteiger partial charge in [0.05, 0.1) is 19.8 Å². The van der Waals surface area contributed by atoms with Crippen molar-refractivity contribution >= 4 is 14.3 Å². The van der Waals surface area contributed by atoms with Gasteiger partial charge in [-0.3, -0.25) is 4.79 Å². The van der Waals surface area contributed by atoms with Crippen molar-refractivity contribution < 1.29 is 18.7 Å². The Hall–Kier alpha value is -0.393. The second kappa shape index (κ2) is 9.18. The SMILES string of the molecule is COC(=O)CCCCCCCC(O[Si](C)(C)C(C)(C)C)C1CO1. The Kier molecular flexibility index (Phi) is 8.25. The molecule has 0 spiro atoms. The van der Waals surface area contributed by atoms with E-state index in [0.717, 1.165) is 25.9 Å². The van der Waals surface area contributed by atoms with Crippen molar-refractivity contribution in [1.82, 2.24) is 0 Å². The van der Waals surface area contributed by atoms with E-state index in [4.69, 9.17) is 9.16 Å². The summed E-state index contributed by atoms with van der Waals surface area (Å²) in [5.74, 6) is -0.0984. The van der Waals surface area contributed by atoms with Crippen LogP contribution in [0.5, 0.6) is 0 Å². The molecule has 136 valence electrons. The first-order valence-electron chi connectivity index (χ1n) is 9.03. The van der Waals surface area contributed by atoms with Gasteiger partial charge >= 0.3 is 5.97 Å². The Morgan fingerprint density at radius 1 is 1.17 bits per heavy atom. The molecule has 1 aliphatic rings. The first kappa shape index (κ1) is 20.7. The monoisotopic (exact) mass is 344 g/mol. The van der Waals surface area contributed by atoms with Gasteiger partial charge in [-0.15, -0.1) is 0 Å². The fraction of sp³-hybridized carbons (Fsp3) is 0.944. The second-order valence-electron chi connectivity index (χ2n) is 8.17. The molecule has 0 saturated carbocycles. The van der Waals surface area contributed by atoms with E-state index >= 15 is 0 Å². The highest BCUT2D eigenvalue weighted by Crippen LogP contribution is 2.39. The van der Waals surface area contributed by atoms with Crippen LogP contribution in [0.15, 0.2) is 0 Å². The molecule has 0 N–H and O–H groups in total. The van der Waals surface area contributed by atoms with Gasteiger partial charge in [0.15, 0.2) is 8.32 Å². The number of carbonyl (C=O) groups excluding carboxylic acids is 1. The van der Waals surface area contributed by atoms with Crippen molar-refractivity contribution in [3.63, 3.8) is 0 Å². The lowest BCUT2D eigenvalue weighted by Crippen LogP contribution is -2.45. The van der Waals surface area contributed by atoms with Crippen molar-refractivity contribution in [1.29, 1.82) is 0 Å². The smallest absolute Gasteiger partial charge is 0.305 e. The lowest BCUT2D eigenvalue weighted by atomic mass is 10.1. The Bertz CT molecular complexity index is 359. The lowest BCUT2D eigenvalue weighted by Gasteiger charge is -2.39. The molecule has 1 heterocycles. The van der Waals surface area contributed by atoms with Gasteiger partial charge in [0.2, 0.25) is 0 Å². The molecular weight excluding hydrogens is 308 g/mol. The van der Waals surface area contributed by atoms with Gasteiger partial charge in [-0.25, -0.2) is 0 Å². The lowest BCUT2D eigenvalue weighted by molar-refractivity contribution is -0.140. The molecule has 0 radical (unpaired) electrons. The van der Waals surface area contributed by atoms with E-state index in [1.165, 1.54) is 26.4 Å². The summed E-state index contributed by atoms with van der Waals surface area (Å²) < 4.78 is 16.7. The van der Waals surface area contributed by atoms with Crippen molar-refractivity contribution in [3.05, 3.63) is 0 Å². The van der Waals surface area contributed by atoms with E-state index < -0.39 is 8.32 Å². The Balaban J connectivity index is 2.21. The first-order valence-corrected chi connectivity index (χ1v) is 11.9. The van der Waals surface area contributed by atoms with Gasteiger partial charge < -0.3 is 13.9 Å². The van der Waals surface area contributed by atoms with Gasteiger partial charge in [0.25, 0.3) is 0 Å². The predicted molar refractivity (Wildman–Crippen MR) is 96.1 cm³/mol. The van der Waals surface area contributed by atoms with Crippen LogP contribution in [0.3, 0.4) is 0 Å². The normalized spacial score (nSPS) is 19.5. The van der Waals surface area contributed by atoms with Crippen LogP contribution in [0, 0.1) is 0 Å². The van der Waals surface area contributed by atoms with Crippen molar-refractivity contribution in [2.45, 2.75) is 96.1 Å².